The van der Waals surface area contributed by atoms with Gasteiger partial charge in [-0.25, -0.2) is 4.79 Å². The lowest BCUT2D eigenvalue weighted by Gasteiger charge is -2.13. The van der Waals surface area contributed by atoms with Gasteiger partial charge < -0.3 is 10.1 Å². The molecule has 1 N–H and O–H groups in total. The summed E-state index contributed by atoms with van der Waals surface area (Å²) in [6.07, 6.45) is 1.50. The molecule has 5 nitrogen and oxygen atoms in total. The Morgan fingerprint density at radius 1 is 1.15 bits per heavy atom. The second-order valence-corrected chi connectivity index (χ2v) is 6.01. The van der Waals surface area contributed by atoms with Gasteiger partial charge in [-0.1, -0.05) is 41.4 Å². The Bertz CT molecular complexity index is 884. The van der Waals surface area contributed by atoms with E-state index in [9.17, 15) is 9.59 Å². The molecule has 2 aromatic carbocycles. The quantitative estimate of drug-likeness (QED) is 0.605. The lowest BCUT2D eigenvalue weighted by molar-refractivity contribution is -0.148. The van der Waals surface area contributed by atoms with Gasteiger partial charge in [0, 0.05) is 21.7 Å². The van der Waals surface area contributed by atoms with Crippen molar-refractivity contribution in [3.05, 3.63) is 69.7 Å². The largest absolute Gasteiger partial charge is 0.449 e. The second kappa shape index (κ2) is 9.04. The maximum absolute atomic E-state index is 12.1. The zero-order chi connectivity index (χ0) is 19.1. The van der Waals surface area contributed by atoms with Gasteiger partial charge in [-0.15, -0.1) is 0 Å². The molecule has 26 heavy (non-hydrogen) atoms. The molecule has 0 saturated heterocycles. The minimum Gasteiger partial charge on any atom is -0.449 e. The van der Waals surface area contributed by atoms with Crippen molar-refractivity contribution >= 4 is 46.8 Å². The van der Waals surface area contributed by atoms with Crippen molar-refractivity contribution in [3.8, 4) is 6.07 Å². The van der Waals surface area contributed by atoms with E-state index in [1.165, 1.54) is 13.0 Å². The Morgan fingerprint density at radius 2 is 1.81 bits per heavy atom. The molecule has 132 valence electrons. The first kappa shape index (κ1) is 19.5. The monoisotopic (exact) mass is 388 g/mol. The molecule has 0 unspecified atom stereocenters. The van der Waals surface area contributed by atoms with Crippen LogP contribution in [-0.4, -0.2) is 18.0 Å². The number of nitrogens with zero attached hydrogens (tertiary/aromatic N) is 1. The van der Waals surface area contributed by atoms with Crippen LogP contribution in [-0.2, 0) is 14.3 Å². The molecular formula is C19H14Cl2N2O3. The minimum atomic E-state index is -1.05. The van der Waals surface area contributed by atoms with Crippen molar-refractivity contribution in [3.63, 3.8) is 0 Å². The van der Waals surface area contributed by atoms with E-state index < -0.39 is 18.0 Å². The highest BCUT2D eigenvalue weighted by Crippen LogP contribution is 2.25. The summed E-state index contributed by atoms with van der Waals surface area (Å²) < 4.78 is 5.05. The molecule has 0 aliphatic carbocycles. The van der Waals surface area contributed by atoms with Crippen LogP contribution in [0.15, 0.2) is 48.5 Å². The first-order valence-corrected chi connectivity index (χ1v) is 8.30. The lowest BCUT2D eigenvalue weighted by atomic mass is 10.2. The Labute approximate surface area is 160 Å². The number of ether oxygens (including phenoxy) is 1. The van der Waals surface area contributed by atoms with Crippen LogP contribution in [0, 0.1) is 11.3 Å². The number of nitrogens with one attached hydrogen (secondary N) is 1. The topological polar surface area (TPSA) is 79.2 Å². The van der Waals surface area contributed by atoms with E-state index in [1.807, 2.05) is 6.07 Å². The predicted octanol–water partition coefficient (Wildman–Crippen LogP) is 4.45. The second-order valence-electron chi connectivity index (χ2n) is 5.19. The first-order chi connectivity index (χ1) is 12.4. The zero-order valence-electron chi connectivity index (χ0n) is 13.7. The lowest BCUT2D eigenvalue weighted by Crippen LogP contribution is -2.29. The molecule has 0 heterocycles. The SMILES string of the molecule is C[C@@H](OC(=O)/C=C/c1c(Cl)cccc1Cl)C(=O)Nc1ccccc1C#N. The average molecular weight is 389 g/mol. The van der Waals surface area contributed by atoms with E-state index in [1.54, 1.807) is 42.5 Å². The highest BCUT2D eigenvalue weighted by Gasteiger charge is 2.18. The fraction of sp³-hybridized carbons (Fsp3) is 0.105. The van der Waals surface area contributed by atoms with Crippen LogP contribution in [0.2, 0.25) is 10.0 Å². The van der Waals surface area contributed by atoms with E-state index in [0.29, 0.717) is 26.9 Å². The number of rotatable bonds is 5. The molecule has 0 bridgehead atoms. The van der Waals surface area contributed by atoms with Gasteiger partial charge >= 0.3 is 5.97 Å². The molecule has 0 saturated carbocycles. The smallest absolute Gasteiger partial charge is 0.331 e. The highest BCUT2D eigenvalue weighted by molar-refractivity contribution is 6.37. The summed E-state index contributed by atoms with van der Waals surface area (Å²) in [6.45, 7) is 1.43. The Kier molecular flexibility index (Phi) is 6.79. The first-order valence-electron chi connectivity index (χ1n) is 7.55. The number of halogens is 2. The number of carbonyl (C=O) groups is 2. The number of hydrogen-bond acceptors (Lipinski definition) is 4. The summed E-state index contributed by atoms with van der Waals surface area (Å²) in [4.78, 5) is 24.0. The van der Waals surface area contributed by atoms with E-state index >= 15 is 0 Å². The molecule has 2 aromatic rings. The van der Waals surface area contributed by atoms with Gasteiger partial charge in [-0.3, -0.25) is 4.79 Å². The number of esters is 1. The predicted molar refractivity (Wildman–Crippen MR) is 101 cm³/mol. The zero-order valence-corrected chi connectivity index (χ0v) is 15.2. The van der Waals surface area contributed by atoms with Crippen LogP contribution >= 0.6 is 23.2 Å². The number of carbonyl (C=O) groups excluding carboxylic acids is 2. The van der Waals surface area contributed by atoms with Gasteiger partial charge in [0.25, 0.3) is 5.91 Å². The normalized spacial score (nSPS) is 11.6. The van der Waals surface area contributed by atoms with Crippen LogP contribution in [0.25, 0.3) is 6.08 Å². The van der Waals surface area contributed by atoms with Crippen LogP contribution in [0.4, 0.5) is 5.69 Å². The number of hydrogen-bond donors (Lipinski definition) is 1. The molecular weight excluding hydrogens is 375 g/mol. The standard InChI is InChI=1S/C19H14Cl2N2O3/c1-12(19(25)23-17-8-3-2-5-13(17)11-22)26-18(24)10-9-14-15(20)6-4-7-16(14)21/h2-10,12H,1H3,(H,23,25)/b10-9+/t12-/m1/s1. The molecule has 0 radical (unpaired) electrons. The molecule has 7 heteroatoms. The summed E-state index contributed by atoms with van der Waals surface area (Å²) in [5.41, 5.74) is 1.14. The number of para-hydroxylation sites is 1. The summed E-state index contributed by atoms with van der Waals surface area (Å²) in [5, 5.41) is 12.4. The molecule has 1 amide bonds. The molecule has 0 fully saturated rings. The van der Waals surface area contributed by atoms with Crippen molar-refractivity contribution in [2.45, 2.75) is 13.0 Å². The van der Waals surface area contributed by atoms with Gasteiger partial charge in [-0.2, -0.15) is 5.26 Å². The van der Waals surface area contributed by atoms with Gasteiger partial charge in [0.05, 0.1) is 11.3 Å². The van der Waals surface area contributed by atoms with Crippen LogP contribution in [0.1, 0.15) is 18.1 Å². The van der Waals surface area contributed by atoms with Gasteiger partial charge in [0.1, 0.15) is 6.07 Å². The van der Waals surface area contributed by atoms with Gasteiger partial charge in [0.15, 0.2) is 6.10 Å². The van der Waals surface area contributed by atoms with Crippen LogP contribution in [0.3, 0.4) is 0 Å². The Morgan fingerprint density at radius 3 is 2.46 bits per heavy atom. The highest BCUT2D eigenvalue weighted by atomic mass is 35.5. The molecule has 2 rings (SSSR count). The fourth-order valence-electron chi connectivity index (χ4n) is 2.01. The molecule has 0 spiro atoms. The molecule has 0 aromatic heterocycles. The average Bonchev–Trinajstić information content (AvgIpc) is 2.61. The maximum Gasteiger partial charge on any atom is 0.331 e. The third-order valence-electron chi connectivity index (χ3n) is 3.35. The summed E-state index contributed by atoms with van der Waals surface area (Å²) in [7, 11) is 0. The number of nitriles is 1. The molecule has 0 aliphatic rings. The maximum atomic E-state index is 12.1. The van der Waals surface area contributed by atoms with Crippen molar-refractivity contribution < 1.29 is 14.3 Å². The van der Waals surface area contributed by atoms with E-state index in [0.717, 1.165) is 6.08 Å². The van der Waals surface area contributed by atoms with E-state index in [4.69, 9.17) is 33.2 Å². The summed E-state index contributed by atoms with van der Waals surface area (Å²) in [6, 6.07) is 13.5. The van der Waals surface area contributed by atoms with Crippen molar-refractivity contribution in [1.82, 2.24) is 0 Å². The number of benzene rings is 2. The summed E-state index contributed by atoms with van der Waals surface area (Å²) in [5.74, 6) is -1.28. The van der Waals surface area contributed by atoms with E-state index in [2.05, 4.69) is 5.32 Å². The van der Waals surface area contributed by atoms with Crippen LogP contribution < -0.4 is 5.32 Å². The Hall–Kier alpha value is -2.81. The van der Waals surface area contributed by atoms with Gasteiger partial charge in [-0.05, 0) is 37.3 Å². The Balaban J connectivity index is 1.99. The molecule has 0 aliphatic heterocycles. The minimum absolute atomic E-state index is 0.313. The van der Waals surface area contributed by atoms with Crippen LogP contribution in [0.5, 0.6) is 0 Å². The number of amides is 1. The van der Waals surface area contributed by atoms with Crippen molar-refractivity contribution in [2.75, 3.05) is 5.32 Å². The van der Waals surface area contributed by atoms with Crippen molar-refractivity contribution in [1.29, 1.82) is 5.26 Å². The third kappa shape index (κ3) is 5.09. The fourth-order valence-corrected chi connectivity index (χ4v) is 2.54. The number of anilines is 1. The van der Waals surface area contributed by atoms with E-state index in [-0.39, 0.29) is 0 Å². The van der Waals surface area contributed by atoms with Gasteiger partial charge in [0.2, 0.25) is 0 Å². The summed E-state index contributed by atoms with van der Waals surface area (Å²) >= 11 is 12.0. The van der Waals surface area contributed by atoms with Crippen molar-refractivity contribution in [2.24, 2.45) is 0 Å². The third-order valence-corrected chi connectivity index (χ3v) is 4.01. The molecule has 1 atom stereocenters.